The van der Waals surface area contributed by atoms with Crippen LogP contribution in [0, 0.1) is 11.8 Å². The quantitative estimate of drug-likeness (QED) is 0.767. The molecule has 1 aromatic rings. The third-order valence-corrected chi connectivity index (χ3v) is 4.51. The Hall–Kier alpha value is -0.980. The summed E-state index contributed by atoms with van der Waals surface area (Å²) in [5, 5.41) is 3.83. The summed E-state index contributed by atoms with van der Waals surface area (Å²) in [4.78, 5) is 0. The fraction of sp³-hybridized carbons (Fsp3) is 0.667. The number of hydrogen-bond acceptors (Lipinski definition) is 1. The number of para-hydroxylation sites is 1. The van der Waals surface area contributed by atoms with Crippen LogP contribution in [0.4, 0.5) is 5.69 Å². The van der Waals surface area contributed by atoms with Gasteiger partial charge in [0.1, 0.15) is 0 Å². The molecule has 1 aliphatic rings. The Morgan fingerprint density at radius 3 is 2.37 bits per heavy atom. The largest absolute Gasteiger partial charge is 0.382 e. The van der Waals surface area contributed by atoms with Crippen molar-refractivity contribution in [3.05, 3.63) is 29.8 Å². The molecule has 3 unspecified atom stereocenters. The molecule has 106 valence electrons. The molecule has 0 spiro atoms. The minimum Gasteiger partial charge on any atom is -0.382 e. The Morgan fingerprint density at radius 1 is 1.05 bits per heavy atom. The molecule has 0 amide bonds. The minimum atomic E-state index is 0.203. The summed E-state index contributed by atoms with van der Waals surface area (Å²) < 4.78 is 0. The molecular weight excluding hydrogens is 230 g/mol. The van der Waals surface area contributed by atoms with Crippen LogP contribution in [0.15, 0.2) is 24.3 Å². The fourth-order valence-electron chi connectivity index (χ4n) is 3.34. The minimum absolute atomic E-state index is 0.203. The standard InChI is InChI=1S/C18H29N/c1-13-10-11-16(14(2)12-13)19-17-9-7-6-8-15(17)18(3,4)5/h6-9,13-14,16,19H,10-12H2,1-5H3. The molecule has 1 N–H and O–H groups in total. The van der Waals surface area contributed by atoms with Gasteiger partial charge in [-0.3, -0.25) is 0 Å². The molecular formula is C18H29N. The molecule has 0 aromatic heterocycles. The SMILES string of the molecule is CC1CCC(Nc2ccccc2C(C)(C)C)C(C)C1. The summed E-state index contributed by atoms with van der Waals surface area (Å²) in [6.45, 7) is 11.7. The Balaban J connectivity index is 2.15. The molecule has 2 rings (SSSR count). The highest BCUT2D eigenvalue weighted by atomic mass is 14.9. The van der Waals surface area contributed by atoms with Gasteiger partial charge < -0.3 is 5.32 Å². The first-order valence-corrected chi connectivity index (χ1v) is 7.74. The van der Waals surface area contributed by atoms with Crippen LogP contribution in [0.2, 0.25) is 0 Å². The zero-order chi connectivity index (χ0) is 14.0. The van der Waals surface area contributed by atoms with Gasteiger partial charge in [-0.15, -0.1) is 0 Å². The van der Waals surface area contributed by atoms with Crippen LogP contribution < -0.4 is 5.32 Å². The highest BCUT2D eigenvalue weighted by molar-refractivity contribution is 5.54. The van der Waals surface area contributed by atoms with E-state index >= 15 is 0 Å². The van der Waals surface area contributed by atoms with E-state index in [0.717, 1.165) is 11.8 Å². The van der Waals surface area contributed by atoms with E-state index in [-0.39, 0.29) is 5.41 Å². The second kappa shape index (κ2) is 5.56. The topological polar surface area (TPSA) is 12.0 Å². The second-order valence-corrected chi connectivity index (χ2v) is 7.44. The summed E-state index contributed by atoms with van der Waals surface area (Å²) in [5.74, 6) is 1.67. The Morgan fingerprint density at radius 2 is 1.74 bits per heavy atom. The van der Waals surface area contributed by atoms with Crippen LogP contribution in [0.1, 0.15) is 59.4 Å². The maximum atomic E-state index is 3.83. The van der Waals surface area contributed by atoms with Crippen LogP contribution >= 0.6 is 0 Å². The van der Waals surface area contributed by atoms with E-state index in [1.165, 1.54) is 30.5 Å². The highest BCUT2D eigenvalue weighted by Crippen LogP contribution is 2.34. The Kier molecular flexibility index (Phi) is 4.23. The Labute approximate surface area is 118 Å². The summed E-state index contributed by atoms with van der Waals surface area (Å²) >= 11 is 0. The third-order valence-electron chi connectivity index (χ3n) is 4.51. The van der Waals surface area contributed by atoms with E-state index in [1.807, 2.05) is 0 Å². The van der Waals surface area contributed by atoms with Crippen molar-refractivity contribution in [2.75, 3.05) is 5.32 Å². The molecule has 1 heteroatoms. The van der Waals surface area contributed by atoms with Crippen LogP contribution in [-0.2, 0) is 5.41 Å². The summed E-state index contributed by atoms with van der Waals surface area (Å²) in [7, 11) is 0. The predicted octanol–water partition coefficient (Wildman–Crippen LogP) is 5.22. The normalized spacial score (nSPS) is 28.2. The van der Waals surface area contributed by atoms with Crippen LogP contribution in [0.3, 0.4) is 0 Å². The number of benzene rings is 1. The highest BCUT2D eigenvalue weighted by Gasteiger charge is 2.26. The molecule has 3 atom stereocenters. The summed E-state index contributed by atoms with van der Waals surface area (Å²) in [6, 6.07) is 9.44. The molecule has 1 saturated carbocycles. The van der Waals surface area contributed by atoms with Gasteiger partial charge in [-0.05, 0) is 48.1 Å². The van der Waals surface area contributed by atoms with Crippen LogP contribution in [0.25, 0.3) is 0 Å². The average Bonchev–Trinajstić information content (AvgIpc) is 2.32. The van der Waals surface area contributed by atoms with E-state index in [1.54, 1.807) is 0 Å². The number of nitrogens with one attached hydrogen (secondary N) is 1. The van der Waals surface area contributed by atoms with Crippen molar-refractivity contribution < 1.29 is 0 Å². The van der Waals surface area contributed by atoms with Gasteiger partial charge in [0.25, 0.3) is 0 Å². The molecule has 1 aliphatic carbocycles. The Bertz CT molecular complexity index is 416. The predicted molar refractivity (Wildman–Crippen MR) is 84.7 cm³/mol. The average molecular weight is 259 g/mol. The van der Waals surface area contributed by atoms with E-state index < -0.39 is 0 Å². The van der Waals surface area contributed by atoms with E-state index in [2.05, 4.69) is 64.2 Å². The molecule has 0 bridgehead atoms. The van der Waals surface area contributed by atoms with Crippen molar-refractivity contribution in [3.63, 3.8) is 0 Å². The van der Waals surface area contributed by atoms with E-state index in [9.17, 15) is 0 Å². The number of hydrogen-bond donors (Lipinski definition) is 1. The van der Waals surface area contributed by atoms with Gasteiger partial charge >= 0.3 is 0 Å². The van der Waals surface area contributed by atoms with E-state index in [0.29, 0.717) is 6.04 Å². The van der Waals surface area contributed by atoms with Crippen molar-refractivity contribution in [2.24, 2.45) is 11.8 Å². The van der Waals surface area contributed by atoms with Crippen molar-refractivity contribution in [1.29, 1.82) is 0 Å². The lowest BCUT2D eigenvalue weighted by Gasteiger charge is -2.35. The van der Waals surface area contributed by atoms with Crippen LogP contribution in [-0.4, -0.2) is 6.04 Å². The first kappa shape index (κ1) is 14.4. The molecule has 19 heavy (non-hydrogen) atoms. The molecule has 1 fully saturated rings. The number of rotatable bonds is 2. The van der Waals surface area contributed by atoms with Crippen molar-refractivity contribution in [1.82, 2.24) is 0 Å². The first-order valence-electron chi connectivity index (χ1n) is 7.74. The fourth-order valence-corrected chi connectivity index (χ4v) is 3.34. The van der Waals surface area contributed by atoms with Crippen molar-refractivity contribution in [2.45, 2.75) is 65.3 Å². The summed E-state index contributed by atoms with van der Waals surface area (Å²) in [5.41, 5.74) is 2.97. The van der Waals surface area contributed by atoms with Gasteiger partial charge in [0.15, 0.2) is 0 Å². The smallest absolute Gasteiger partial charge is 0.0380 e. The molecule has 0 saturated heterocycles. The molecule has 1 nitrogen and oxygen atoms in total. The molecule has 1 aromatic carbocycles. The van der Waals surface area contributed by atoms with E-state index in [4.69, 9.17) is 0 Å². The van der Waals surface area contributed by atoms with Gasteiger partial charge in [0.2, 0.25) is 0 Å². The van der Waals surface area contributed by atoms with Gasteiger partial charge in [0, 0.05) is 11.7 Å². The van der Waals surface area contributed by atoms with Gasteiger partial charge in [-0.25, -0.2) is 0 Å². The van der Waals surface area contributed by atoms with Gasteiger partial charge in [0.05, 0.1) is 0 Å². The molecule has 0 aliphatic heterocycles. The van der Waals surface area contributed by atoms with Crippen molar-refractivity contribution >= 4 is 5.69 Å². The van der Waals surface area contributed by atoms with Crippen LogP contribution in [0.5, 0.6) is 0 Å². The maximum absolute atomic E-state index is 3.83. The lowest BCUT2D eigenvalue weighted by molar-refractivity contribution is 0.276. The maximum Gasteiger partial charge on any atom is 0.0380 e. The lowest BCUT2D eigenvalue weighted by Crippen LogP contribution is -2.33. The number of anilines is 1. The first-order chi connectivity index (χ1) is 8.88. The zero-order valence-electron chi connectivity index (χ0n) is 13.2. The zero-order valence-corrected chi connectivity index (χ0v) is 13.2. The van der Waals surface area contributed by atoms with Crippen molar-refractivity contribution in [3.8, 4) is 0 Å². The molecule has 0 radical (unpaired) electrons. The summed E-state index contributed by atoms with van der Waals surface area (Å²) in [6.07, 6.45) is 4.02. The van der Waals surface area contributed by atoms with Gasteiger partial charge in [-0.2, -0.15) is 0 Å². The molecule has 0 heterocycles. The monoisotopic (exact) mass is 259 g/mol. The van der Waals surface area contributed by atoms with Gasteiger partial charge in [-0.1, -0.05) is 52.8 Å². The second-order valence-electron chi connectivity index (χ2n) is 7.44. The lowest BCUT2D eigenvalue weighted by atomic mass is 9.79. The third kappa shape index (κ3) is 3.52.